The Morgan fingerprint density at radius 2 is 2.11 bits per heavy atom. The Morgan fingerprint density at radius 1 is 1.26 bits per heavy atom. The molecule has 19 heavy (non-hydrogen) atoms. The van der Waals surface area contributed by atoms with Gasteiger partial charge in [0.25, 0.3) is 0 Å². The molecule has 0 radical (unpaired) electrons. The average Bonchev–Trinajstić information content (AvgIpc) is 2.95. The third-order valence-electron chi connectivity index (χ3n) is 3.03. The summed E-state index contributed by atoms with van der Waals surface area (Å²) in [6.45, 7) is 2.32. The summed E-state index contributed by atoms with van der Waals surface area (Å²) < 4.78 is 5.90. The van der Waals surface area contributed by atoms with Gasteiger partial charge in [-0.3, -0.25) is 0 Å². The summed E-state index contributed by atoms with van der Waals surface area (Å²) in [6.07, 6.45) is 0. The summed E-state index contributed by atoms with van der Waals surface area (Å²) >= 11 is 7.43. The monoisotopic (exact) mass is 290 g/mol. The number of hydrogen-bond acceptors (Lipinski definition) is 3. The molecule has 3 rings (SSSR count). The zero-order valence-corrected chi connectivity index (χ0v) is 11.8. The molecule has 0 unspecified atom stereocenters. The molecule has 0 amide bonds. The van der Waals surface area contributed by atoms with Gasteiger partial charge < -0.3 is 4.74 Å². The minimum absolute atomic E-state index is 0.259. The molecule has 2 aromatic rings. The van der Waals surface area contributed by atoms with Gasteiger partial charge in [0.1, 0.15) is 6.61 Å². The van der Waals surface area contributed by atoms with Crippen molar-refractivity contribution in [3.63, 3.8) is 0 Å². The number of hydrogen-bond donors (Lipinski definition) is 0. The molecule has 0 saturated heterocycles. The number of esters is 1. The van der Waals surface area contributed by atoms with Crippen LogP contribution in [0.5, 0.6) is 0 Å². The van der Waals surface area contributed by atoms with Crippen molar-refractivity contribution in [3.8, 4) is 0 Å². The molecular weight excluding hydrogens is 280 g/mol. The molecule has 2 heterocycles. The van der Waals surface area contributed by atoms with E-state index in [1.54, 1.807) is 0 Å². The molecule has 0 N–H and O–H groups in total. The molecule has 0 aliphatic carbocycles. The van der Waals surface area contributed by atoms with Gasteiger partial charge in [-0.05, 0) is 24.6 Å². The molecule has 0 atom stereocenters. The normalized spacial score (nSPS) is 14.9. The molecule has 0 bridgehead atoms. The van der Waals surface area contributed by atoms with E-state index >= 15 is 0 Å². The largest absolute Gasteiger partial charge is 0.457 e. The topological polar surface area (TPSA) is 26.3 Å². The lowest BCUT2D eigenvalue weighted by Gasteiger charge is -2.03. The lowest BCUT2D eigenvalue weighted by atomic mass is 9.99. The van der Waals surface area contributed by atoms with Crippen molar-refractivity contribution < 1.29 is 9.53 Å². The number of aryl methyl sites for hydroxylation is 1. The van der Waals surface area contributed by atoms with Gasteiger partial charge in [0.05, 0.1) is 9.91 Å². The first-order valence-corrected chi connectivity index (χ1v) is 7.07. The fourth-order valence-corrected chi connectivity index (χ4v) is 3.25. The highest BCUT2D eigenvalue weighted by molar-refractivity contribution is 7.17. The number of rotatable bonds is 2. The van der Waals surface area contributed by atoms with Gasteiger partial charge in [0.2, 0.25) is 0 Å². The first-order valence-electron chi connectivity index (χ1n) is 5.88. The van der Waals surface area contributed by atoms with E-state index in [2.05, 4.69) is 0 Å². The number of cyclic esters (lactones) is 1. The molecule has 1 aromatic carbocycles. The van der Waals surface area contributed by atoms with Crippen molar-refractivity contribution in [2.45, 2.75) is 6.92 Å². The number of ether oxygens (including phenoxy) is 1. The van der Waals surface area contributed by atoms with Crippen LogP contribution in [0.4, 0.5) is 0 Å². The average molecular weight is 291 g/mol. The van der Waals surface area contributed by atoms with Crippen LogP contribution in [0.2, 0.25) is 4.34 Å². The fourth-order valence-electron chi connectivity index (χ4n) is 2.17. The zero-order valence-electron chi connectivity index (χ0n) is 10.3. The van der Waals surface area contributed by atoms with Crippen LogP contribution in [-0.4, -0.2) is 12.6 Å². The lowest BCUT2D eigenvalue weighted by molar-refractivity contribution is -0.133. The van der Waals surface area contributed by atoms with Crippen LogP contribution in [0.15, 0.2) is 36.4 Å². The van der Waals surface area contributed by atoms with Crippen LogP contribution >= 0.6 is 22.9 Å². The number of thiophene rings is 1. The molecule has 0 spiro atoms. The highest BCUT2D eigenvalue weighted by Crippen LogP contribution is 2.37. The van der Waals surface area contributed by atoms with Crippen molar-refractivity contribution in [1.29, 1.82) is 0 Å². The van der Waals surface area contributed by atoms with Crippen molar-refractivity contribution in [2.24, 2.45) is 0 Å². The second kappa shape index (κ2) is 4.83. The van der Waals surface area contributed by atoms with E-state index in [4.69, 9.17) is 16.3 Å². The Bertz CT molecular complexity index is 685. The minimum Gasteiger partial charge on any atom is -0.457 e. The van der Waals surface area contributed by atoms with Crippen LogP contribution in [-0.2, 0) is 9.53 Å². The van der Waals surface area contributed by atoms with Crippen LogP contribution in [0.25, 0.3) is 11.1 Å². The maximum Gasteiger partial charge on any atom is 0.339 e. The Labute approximate surface area is 120 Å². The van der Waals surface area contributed by atoms with Gasteiger partial charge in [-0.25, -0.2) is 4.79 Å². The summed E-state index contributed by atoms with van der Waals surface area (Å²) in [7, 11) is 0. The van der Waals surface area contributed by atoms with Gasteiger partial charge in [-0.1, -0.05) is 41.4 Å². The Balaban J connectivity index is 2.16. The maximum atomic E-state index is 12.0. The predicted molar refractivity (Wildman–Crippen MR) is 78.3 cm³/mol. The van der Waals surface area contributed by atoms with Crippen molar-refractivity contribution in [2.75, 3.05) is 6.61 Å². The molecule has 1 aliphatic heterocycles. The molecular formula is C15H11ClO2S. The third-order valence-corrected chi connectivity index (χ3v) is 4.32. The minimum atomic E-state index is -0.259. The number of halogens is 1. The van der Waals surface area contributed by atoms with Gasteiger partial charge in [-0.15, -0.1) is 11.3 Å². The summed E-state index contributed by atoms with van der Waals surface area (Å²) in [5, 5.41) is 0. The SMILES string of the molecule is Cc1cccc(C2=C(c3ccc(Cl)s3)COC2=O)c1. The Kier molecular flexibility index (Phi) is 3.17. The molecule has 0 saturated carbocycles. The summed E-state index contributed by atoms with van der Waals surface area (Å²) in [5.41, 5.74) is 3.60. The Hall–Kier alpha value is -1.58. The molecule has 1 aliphatic rings. The first kappa shape index (κ1) is 12.5. The molecule has 2 nitrogen and oxygen atoms in total. The highest BCUT2D eigenvalue weighted by Gasteiger charge is 2.27. The fraction of sp³-hybridized carbons (Fsp3) is 0.133. The summed E-state index contributed by atoms with van der Waals surface area (Å²) in [6, 6.07) is 11.7. The highest BCUT2D eigenvalue weighted by atomic mass is 35.5. The molecule has 96 valence electrons. The van der Waals surface area contributed by atoms with E-state index in [1.165, 1.54) is 11.3 Å². The third kappa shape index (κ3) is 2.31. The van der Waals surface area contributed by atoms with Crippen LogP contribution in [0.1, 0.15) is 16.0 Å². The molecule has 4 heteroatoms. The van der Waals surface area contributed by atoms with E-state index < -0.39 is 0 Å². The van der Waals surface area contributed by atoms with Gasteiger partial charge in [-0.2, -0.15) is 0 Å². The van der Waals surface area contributed by atoms with E-state index in [-0.39, 0.29) is 5.97 Å². The second-order valence-corrected chi connectivity index (χ2v) is 6.12. The standard InChI is InChI=1S/C15H11ClO2S/c1-9-3-2-4-10(7-9)14-11(8-18-15(14)17)12-5-6-13(16)19-12/h2-7H,8H2,1H3. The molecule has 1 aromatic heterocycles. The quantitative estimate of drug-likeness (QED) is 0.776. The van der Waals surface area contributed by atoms with Crippen molar-refractivity contribution in [1.82, 2.24) is 0 Å². The van der Waals surface area contributed by atoms with E-state index in [9.17, 15) is 4.79 Å². The van der Waals surface area contributed by atoms with Gasteiger partial charge in [0.15, 0.2) is 0 Å². The second-order valence-electron chi connectivity index (χ2n) is 4.40. The Morgan fingerprint density at radius 3 is 2.79 bits per heavy atom. The first-order chi connectivity index (χ1) is 9.15. The van der Waals surface area contributed by atoms with Gasteiger partial charge >= 0.3 is 5.97 Å². The summed E-state index contributed by atoms with van der Waals surface area (Å²) in [4.78, 5) is 13.0. The number of carbonyl (C=O) groups is 1. The van der Waals surface area contributed by atoms with Crippen LogP contribution in [0, 0.1) is 6.92 Å². The van der Waals surface area contributed by atoms with Gasteiger partial charge in [0, 0.05) is 10.5 Å². The van der Waals surface area contributed by atoms with Crippen molar-refractivity contribution in [3.05, 3.63) is 56.7 Å². The summed E-state index contributed by atoms with van der Waals surface area (Å²) in [5.74, 6) is -0.259. The smallest absolute Gasteiger partial charge is 0.339 e. The van der Waals surface area contributed by atoms with Crippen LogP contribution < -0.4 is 0 Å². The molecule has 0 fully saturated rings. The van der Waals surface area contributed by atoms with E-state index in [1.807, 2.05) is 43.3 Å². The lowest BCUT2D eigenvalue weighted by Crippen LogP contribution is -1.98. The van der Waals surface area contributed by atoms with E-state index in [0.29, 0.717) is 16.5 Å². The predicted octanol–water partition coefficient (Wildman–Crippen LogP) is 4.18. The maximum absolute atomic E-state index is 12.0. The van der Waals surface area contributed by atoms with E-state index in [0.717, 1.165) is 21.6 Å². The number of benzene rings is 1. The van der Waals surface area contributed by atoms with Crippen molar-refractivity contribution >= 4 is 40.1 Å². The zero-order chi connectivity index (χ0) is 13.4. The number of carbonyl (C=O) groups excluding carboxylic acids is 1. The van der Waals surface area contributed by atoms with Crippen LogP contribution in [0.3, 0.4) is 0 Å².